The number of hydrogen-bond donors (Lipinski definition) is 2. The van der Waals surface area contributed by atoms with Gasteiger partial charge in [-0.25, -0.2) is 19.4 Å². The molecule has 0 aliphatic carbocycles. The molecule has 1 heterocycles. The van der Waals surface area contributed by atoms with Crippen molar-refractivity contribution in [3.05, 3.63) is 35.2 Å². The first kappa shape index (κ1) is 23.1. The molecule has 2 rings (SSSR count). The van der Waals surface area contributed by atoms with Crippen molar-refractivity contribution in [2.45, 2.75) is 52.7 Å². The number of amides is 2. The summed E-state index contributed by atoms with van der Waals surface area (Å²) in [7, 11) is 0. The lowest BCUT2D eigenvalue weighted by atomic mass is 10.1. The quantitative estimate of drug-likeness (QED) is 0.644. The zero-order valence-electron chi connectivity index (χ0n) is 17.7. The molecule has 1 aromatic carbocycles. The fourth-order valence-electron chi connectivity index (χ4n) is 2.18. The molecule has 1 aromatic heterocycles. The van der Waals surface area contributed by atoms with E-state index in [0.29, 0.717) is 10.6 Å². The number of carbonyl (C=O) groups is 3. The van der Waals surface area contributed by atoms with Crippen LogP contribution >= 0.6 is 11.3 Å². The van der Waals surface area contributed by atoms with E-state index in [0.717, 1.165) is 11.3 Å². The van der Waals surface area contributed by atoms with Crippen LogP contribution in [0.4, 0.5) is 14.7 Å². The van der Waals surface area contributed by atoms with Crippen molar-refractivity contribution >= 4 is 34.6 Å². The van der Waals surface area contributed by atoms with Crippen LogP contribution in [0.1, 0.15) is 51.2 Å². The number of benzene rings is 1. The highest BCUT2D eigenvalue weighted by Gasteiger charge is 2.33. The largest absolute Gasteiger partial charge is 0.477 e. The van der Waals surface area contributed by atoms with E-state index in [2.05, 4.69) is 10.4 Å². The third-order valence-corrected chi connectivity index (χ3v) is 4.18. The molecular weight excluding hydrogens is 410 g/mol. The Balaban J connectivity index is 2.40. The Morgan fingerprint density at radius 1 is 0.967 bits per heavy atom. The van der Waals surface area contributed by atoms with Gasteiger partial charge in [-0.3, -0.25) is 5.43 Å². The Bertz CT molecular complexity index is 900. The number of carboxylic acids is 1. The maximum Gasteiger partial charge on any atom is 0.439 e. The van der Waals surface area contributed by atoms with Crippen LogP contribution in [-0.4, -0.2) is 44.5 Å². The predicted molar refractivity (Wildman–Crippen MR) is 112 cm³/mol. The van der Waals surface area contributed by atoms with Crippen molar-refractivity contribution in [2.24, 2.45) is 0 Å². The fraction of sp³-hybridized carbons (Fsp3) is 0.400. The Morgan fingerprint density at radius 2 is 1.47 bits per heavy atom. The molecule has 10 heteroatoms. The molecule has 0 saturated heterocycles. The van der Waals surface area contributed by atoms with Crippen molar-refractivity contribution in [2.75, 3.05) is 5.43 Å². The van der Waals surface area contributed by atoms with Crippen LogP contribution in [0.5, 0.6) is 0 Å². The summed E-state index contributed by atoms with van der Waals surface area (Å²) in [5, 5.41) is 10.1. The number of thiazole rings is 1. The molecule has 0 aliphatic rings. The topological polar surface area (TPSA) is 118 Å². The molecule has 0 spiro atoms. The number of hydrazine groups is 1. The molecule has 2 aromatic rings. The van der Waals surface area contributed by atoms with Gasteiger partial charge in [0.05, 0.1) is 5.69 Å². The lowest BCUT2D eigenvalue weighted by molar-refractivity contribution is 0.00639. The van der Waals surface area contributed by atoms with E-state index in [9.17, 15) is 19.5 Å². The van der Waals surface area contributed by atoms with E-state index in [1.165, 1.54) is 0 Å². The number of imide groups is 1. The molecule has 0 bridgehead atoms. The lowest BCUT2D eigenvalue weighted by Gasteiger charge is -2.28. The number of rotatable bonds is 4. The minimum Gasteiger partial charge on any atom is -0.477 e. The number of anilines is 1. The molecule has 0 radical (unpaired) electrons. The molecular formula is C20H25N3O6S. The van der Waals surface area contributed by atoms with Gasteiger partial charge in [-0.05, 0) is 41.5 Å². The molecule has 9 nitrogen and oxygen atoms in total. The van der Waals surface area contributed by atoms with Crippen LogP contribution in [0.25, 0.3) is 11.3 Å². The SMILES string of the molecule is CC(C)(C)OC(=O)N(Nc1nc(-c2ccccc2)c(C(=O)O)s1)C(=O)OC(C)(C)C. The third kappa shape index (κ3) is 6.45. The monoisotopic (exact) mass is 435 g/mol. The molecule has 162 valence electrons. The van der Waals surface area contributed by atoms with E-state index in [4.69, 9.17) is 9.47 Å². The summed E-state index contributed by atoms with van der Waals surface area (Å²) in [6.07, 6.45) is -2.02. The first-order valence-electron chi connectivity index (χ1n) is 9.09. The Labute approximate surface area is 178 Å². The lowest BCUT2D eigenvalue weighted by Crippen LogP contribution is -2.46. The van der Waals surface area contributed by atoms with Crippen LogP contribution < -0.4 is 5.43 Å². The van der Waals surface area contributed by atoms with Gasteiger partial charge in [-0.2, -0.15) is 0 Å². The van der Waals surface area contributed by atoms with Gasteiger partial charge in [0.2, 0.25) is 5.13 Å². The number of carboxylic acid groups (broad SMARTS) is 1. The second kappa shape index (κ2) is 8.70. The molecule has 2 N–H and O–H groups in total. The highest BCUT2D eigenvalue weighted by Crippen LogP contribution is 2.31. The van der Waals surface area contributed by atoms with Gasteiger partial charge in [0.15, 0.2) is 0 Å². The highest BCUT2D eigenvalue weighted by molar-refractivity contribution is 7.17. The van der Waals surface area contributed by atoms with Gasteiger partial charge < -0.3 is 14.6 Å². The molecule has 30 heavy (non-hydrogen) atoms. The summed E-state index contributed by atoms with van der Waals surface area (Å²) >= 11 is 0.783. The van der Waals surface area contributed by atoms with Crippen LogP contribution in [0.3, 0.4) is 0 Å². The summed E-state index contributed by atoms with van der Waals surface area (Å²) < 4.78 is 10.5. The van der Waals surface area contributed by atoms with Crippen LogP contribution in [0.15, 0.2) is 30.3 Å². The van der Waals surface area contributed by atoms with Gasteiger partial charge in [0, 0.05) is 5.56 Å². The smallest absolute Gasteiger partial charge is 0.439 e. The van der Waals surface area contributed by atoms with Crippen molar-refractivity contribution in [3.8, 4) is 11.3 Å². The van der Waals surface area contributed by atoms with Crippen LogP contribution in [0.2, 0.25) is 0 Å². The fourth-order valence-corrected chi connectivity index (χ4v) is 3.00. The van der Waals surface area contributed by atoms with Gasteiger partial charge in [0.25, 0.3) is 0 Å². The molecule has 0 aliphatic heterocycles. The van der Waals surface area contributed by atoms with Crippen LogP contribution in [0, 0.1) is 0 Å². The summed E-state index contributed by atoms with van der Waals surface area (Å²) in [5.74, 6) is -1.18. The maximum atomic E-state index is 12.6. The number of nitrogens with zero attached hydrogens (tertiary/aromatic N) is 2. The molecule has 0 unspecified atom stereocenters. The van der Waals surface area contributed by atoms with Gasteiger partial charge in [0.1, 0.15) is 16.1 Å². The first-order chi connectivity index (χ1) is 13.8. The number of hydrogen-bond acceptors (Lipinski definition) is 8. The molecule has 2 amide bonds. The molecule has 0 fully saturated rings. The van der Waals surface area contributed by atoms with E-state index >= 15 is 0 Å². The summed E-state index contributed by atoms with van der Waals surface area (Å²) in [4.78, 5) is 41.1. The van der Waals surface area contributed by atoms with E-state index in [1.54, 1.807) is 71.9 Å². The average molecular weight is 436 g/mol. The zero-order chi connectivity index (χ0) is 22.7. The molecule has 0 saturated carbocycles. The zero-order valence-corrected chi connectivity index (χ0v) is 18.5. The second-order valence-electron chi connectivity index (χ2n) is 8.28. The summed E-state index contributed by atoms with van der Waals surface area (Å²) in [5.41, 5.74) is 1.59. The van der Waals surface area contributed by atoms with Gasteiger partial charge >= 0.3 is 18.2 Å². The standard InChI is InChI=1S/C20H25N3O6S/c1-19(2,3)28-17(26)23(18(27)29-20(4,5)6)22-16-21-13(14(30-16)15(24)25)12-10-8-7-9-11-12/h7-11H,1-6H3,(H,21,22)(H,24,25). The van der Waals surface area contributed by atoms with Gasteiger partial charge in [-0.15, -0.1) is 5.01 Å². The Kier molecular flexibility index (Phi) is 6.71. The number of aromatic nitrogens is 1. The van der Waals surface area contributed by atoms with E-state index < -0.39 is 29.4 Å². The minimum absolute atomic E-state index is 0.0166. The maximum absolute atomic E-state index is 12.6. The predicted octanol–water partition coefficient (Wildman–Crippen LogP) is 5.01. The van der Waals surface area contributed by atoms with Crippen molar-refractivity contribution in [3.63, 3.8) is 0 Å². The summed E-state index contributed by atoms with van der Waals surface area (Å²) in [6.45, 7) is 9.90. The van der Waals surface area contributed by atoms with Crippen LogP contribution in [-0.2, 0) is 9.47 Å². The van der Waals surface area contributed by atoms with Crippen molar-refractivity contribution < 1.29 is 29.0 Å². The first-order valence-corrected chi connectivity index (χ1v) is 9.91. The molecule has 0 atom stereocenters. The minimum atomic E-state index is -1.18. The normalized spacial score (nSPS) is 11.5. The van der Waals surface area contributed by atoms with Crippen molar-refractivity contribution in [1.29, 1.82) is 0 Å². The summed E-state index contributed by atoms with van der Waals surface area (Å²) in [6, 6.07) is 8.72. The number of aromatic carboxylic acids is 1. The number of nitrogens with one attached hydrogen (secondary N) is 1. The number of ether oxygens (including phenoxy) is 2. The number of carbonyl (C=O) groups excluding carboxylic acids is 2. The Hall–Kier alpha value is -3.14. The second-order valence-corrected chi connectivity index (χ2v) is 9.27. The third-order valence-electron chi connectivity index (χ3n) is 3.23. The average Bonchev–Trinajstić information content (AvgIpc) is 3.01. The van der Waals surface area contributed by atoms with Crippen molar-refractivity contribution in [1.82, 2.24) is 9.99 Å². The highest BCUT2D eigenvalue weighted by atomic mass is 32.1. The van der Waals surface area contributed by atoms with Gasteiger partial charge in [-0.1, -0.05) is 41.7 Å². The van der Waals surface area contributed by atoms with E-state index in [-0.39, 0.29) is 15.7 Å². The Morgan fingerprint density at radius 3 is 1.90 bits per heavy atom. The van der Waals surface area contributed by atoms with E-state index in [1.807, 2.05) is 0 Å².